The van der Waals surface area contributed by atoms with Crippen LogP contribution in [0.1, 0.15) is 36.1 Å². The fraction of sp³-hybridized carbons (Fsp3) is 0.385. The van der Waals surface area contributed by atoms with Crippen LogP contribution in [0.15, 0.2) is 16.9 Å². The zero-order valence-electron chi connectivity index (χ0n) is 12.5. The quantitative estimate of drug-likeness (QED) is 0.832. The van der Waals surface area contributed by atoms with E-state index in [9.17, 15) is 9.59 Å². The van der Waals surface area contributed by atoms with Crippen molar-refractivity contribution in [3.05, 3.63) is 28.3 Å². The van der Waals surface area contributed by atoms with E-state index in [4.69, 9.17) is 5.73 Å². The van der Waals surface area contributed by atoms with Gasteiger partial charge in [0.1, 0.15) is 11.7 Å². The van der Waals surface area contributed by atoms with E-state index in [0.717, 1.165) is 10.2 Å². The van der Waals surface area contributed by atoms with Gasteiger partial charge < -0.3 is 11.1 Å². The lowest BCUT2D eigenvalue weighted by Gasteiger charge is -2.12. The van der Waals surface area contributed by atoms with Gasteiger partial charge in [-0.1, -0.05) is 0 Å². The number of halogens is 1. The highest BCUT2D eigenvalue weighted by Gasteiger charge is 2.21. The third-order valence-corrected chi connectivity index (χ3v) is 4.04. The van der Waals surface area contributed by atoms with Crippen molar-refractivity contribution in [2.45, 2.75) is 33.4 Å². The summed E-state index contributed by atoms with van der Waals surface area (Å²) in [5.41, 5.74) is 6.62. The Kier molecular flexibility index (Phi) is 4.65. The smallest absolute Gasteiger partial charge is 0.269 e. The van der Waals surface area contributed by atoms with Gasteiger partial charge in [0.05, 0.1) is 22.1 Å². The molecule has 9 heteroatoms. The second kappa shape index (κ2) is 6.30. The predicted molar refractivity (Wildman–Crippen MR) is 84.4 cm³/mol. The molecular weight excluding hydrogens is 352 g/mol. The summed E-state index contributed by atoms with van der Waals surface area (Å²) in [5.74, 6) is -0.951. The minimum atomic E-state index is -0.639. The zero-order valence-corrected chi connectivity index (χ0v) is 14.1. The Balaban J connectivity index is 2.22. The second-order valence-corrected chi connectivity index (χ2v) is 5.65. The SMILES string of the molecule is CCn1ncc(NC(=O)[C@H](C)n2cc(Br)c(C)n2)c1C(N)=O. The Morgan fingerprint density at radius 3 is 2.68 bits per heavy atom. The Morgan fingerprint density at radius 1 is 1.50 bits per heavy atom. The standard InChI is InChI=1S/C13H17BrN6O2/c1-4-19-11(12(15)21)10(5-16-19)17-13(22)8(3)20-6-9(14)7(2)18-20/h5-6,8H,4H2,1-3H3,(H2,15,21)(H,17,22)/t8-/m0/s1. The van der Waals surface area contributed by atoms with Gasteiger partial charge in [0.25, 0.3) is 5.91 Å². The molecule has 0 bridgehead atoms. The number of amides is 2. The van der Waals surface area contributed by atoms with E-state index in [1.165, 1.54) is 10.9 Å². The van der Waals surface area contributed by atoms with Crippen LogP contribution in [0.25, 0.3) is 0 Å². The first-order chi connectivity index (χ1) is 10.3. The van der Waals surface area contributed by atoms with Gasteiger partial charge in [-0.3, -0.25) is 19.0 Å². The number of carbonyl (C=O) groups is 2. The van der Waals surface area contributed by atoms with Crippen LogP contribution in [0.4, 0.5) is 5.69 Å². The van der Waals surface area contributed by atoms with Gasteiger partial charge in [-0.2, -0.15) is 10.2 Å². The van der Waals surface area contributed by atoms with Crippen LogP contribution in [0.2, 0.25) is 0 Å². The molecule has 22 heavy (non-hydrogen) atoms. The van der Waals surface area contributed by atoms with Gasteiger partial charge in [-0.15, -0.1) is 0 Å². The molecule has 2 amide bonds. The fourth-order valence-corrected chi connectivity index (χ4v) is 2.28. The molecule has 0 aliphatic carbocycles. The Morgan fingerprint density at radius 2 is 2.18 bits per heavy atom. The van der Waals surface area contributed by atoms with Crippen molar-refractivity contribution in [2.75, 3.05) is 5.32 Å². The van der Waals surface area contributed by atoms with Crippen LogP contribution in [-0.4, -0.2) is 31.4 Å². The number of hydrogen-bond donors (Lipinski definition) is 2. The summed E-state index contributed by atoms with van der Waals surface area (Å²) in [6.45, 7) is 5.86. The Hall–Kier alpha value is -2.16. The number of carbonyl (C=O) groups excluding carboxylic acids is 2. The summed E-state index contributed by atoms with van der Waals surface area (Å²) >= 11 is 3.35. The molecule has 0 unspecified atom stereocenters. The molecular formula is C13H17BrN6O2. The number of hydrogen-bond acceptors (Lipinski definition) is 4. The molecule has 2 aromatic heterocycles. The lowest BCUT2D eigenvalue weighted by atomic mass is 10.3. The normalized spacial score (nSPS) is 12.2. The molecule has 0 radical (unpaired) electrons. The molecule has 2 heterocycles. The maximum Gasteiger partial charge on any atom is 0.269 e. The van der Waals surface area contributed by atoms with E-state index in [1.807, 2.05) is 13.8 Å². The zero-order chi connectivity index (χ0) is 16.4. The van der Waals surface area contributed by atoms with Gasteiger partial charge in [-0.05, 0) is 36.7 Å². The number of anilines is 1. The van der Waals surface area contributed by atoms with Crippen LogP contribution in [-0.2, 0) is 11.3 Å². The van der Waals surface area contributed by atoms with Crippen molar-refractivity contribution < 1.29 is 9.59 Å². The minimum absolute atomic E-state index is 0.181. The topological polar surface area (TPSA) is 108 Å². The largest absolute Gasteiger partial charge is 0.364 e. The summed E-state index contributed by atoms with van der Waals surface area (Å²) in [6.07, 6.45) is 3.14. The molecule has 0 aliphatic heterocycles. The number of nitrogens with zero attached hydrogens (tertiary/aromatic N) is 4. The average Bonchev–Trinajstić information content (AvgIpc) is 3.02. The van der Waals surface area contributed by atoms with E-state index in [0.29, 0.717) is 12.2 Å². The minimum Gasteiger partial charge on any atom is -0.364 e. The third-order valence-electron chi connectivity index (χ3n) is 3.26. The highest BCUT2D eigenvalue weighted by atomic mass is 79.9. The third kappa shape index (κ3) is 3.03. The number of rotatable bonds is 5. The van der Waals surface area contributed by atoms with Gasteiger partial charge in [0.15, 0.2) is 0 Å². The summed E-state index contributed by atoms with van der Waals surface area (Å²) in [5, 5.41) is 11.0. The first-order valence-electron chi connectivity index (χ1n) is 6.72. The van der Waals surface area contributed by atoms with Crippen LogP contribution in [0.5, 0.6) is 0 Å². The van der Waals surface area contributed by atoms with E-state index >= 15 is 0 Å². The number of primary amides is 1. The molecule has 2 aromatic rings. The van der Waals surface area contributed by atoms with E-state index < -0.39 is 11.9 Å². The number of nitrogens with one attached hydrogen (secondary N) is 1. The monoisotopic (exact) mass is 368 g/mol. The second-order valence-electron chi connectivity index (χ2n) is 4.79. The fourth-order valence-electron chi connectivity index (χ4n) is 1.99. The lowest BCUT2D eigenvalue weighted by Crippen LogP contribution is -2.26. The molecule has 1 atom stereocenters. The van der Waals surface area contributed by atoms with Crippen LogP contribution in [0, 0.1) is 6.92 Å². The van der Waals surface area contributed by atoms with Crippen molar-refractivity contribution in [1.82, 2.24) is 19.6 Å². The van der Waals surface area contributed by atoms with Gasteiger partial charge in [0, 0.05) is 12.7 Å². The maximum absolute atomic E-state index is 12.3. The number of aromatic nitrogens is 4. The Bertz CT molecular complexity index is 701. The van der Waals surface area contributed by atoms with Crippen molar-refractivity contribution in [3.63, 3.8) is 0 Å². The highest BCUT2D eigenvalue weighted by Crippen LogP contribution is 2.19. The van der Waals surface area contributed by atoms with Crippen molar-refractivity contribution in [2.24, 2.45) is 5.73 Å². The first kappa shape index (κ1) is 16.2. The predicted octanol–water partition coefficient (Wildman–Crippen LogP) is 1.47. The Labute approximate surface area is 135 Å². The summed E-state index contributed by atoms with van der Waals surface area (Å²) < 4.78 is 3.81. The van der Waals surface area contributed by atoms with Gasteiger partial charge in [-0.25, -0.2) is 0 Å². The van der Waals surface area contributed by atoms with Crippen molar-refractivity contribution in [3.8, 4) is 0 Å². The molecule has 0 aliphatic rings. The summed E-state index contributed by atoms with van der Waals surface area (Å²) in [7, 11) is 0. The van der Waals surface area contributed by atoms with E-state index in [-0.39, 0.29) is 11.6 Å². The van der Waals surface area contributed by atoms with Crippen LogP contribution < -0.4 is 11.1 Å². The van der Waals surface area contributed by atoms with E-state index in [2.05, 4.69) is 31.4 Å². The molecule has 0 aromatic carbocycles. The summed E-state index contributed by atoms with van der Waals surface area (Å²) in [4.78, 5) is 23.8. The van der Waals surface area contributed by atoms with Crippen LogP contribution in [0.3, 0.4) is 0 Å². The molecule has 118 valence electrons. The highest BCUT2D eigenvalue weighted by molar-refractivity contribution is 9.10. The van der Waals surface area contributed by atoms with Crippen molar-refractivity contribution in [1.29, 1.82) is 0 Å². The number of nitrogens with two attached hydrogens (primary N) is 1. The van der Waals surface area contributed by atoms with E-state index in [1.54, 1.807) is 17.8 Å². The number of aryl methyl sites for hydroxylation is 2. The molecule has 8 nitrogen and oxygen atoms in total. The molecule has 0 saturated heterocycles. The van der Waals surface area contributed by atoms with Gasteiger partial charge >= 0.3 is 0 Å². The molecule has 3 N–H and O–H groups in total. The maximum atomic E-state index is 12.3. The first-order valence-corrected chi connectivity index (χ1v) is 7.52. The molecule has 0 spiro atoms. The molecule has 2 rings (SSSR count). The summed E-state index contributed by atoms with van der Waals surface area (Å²) in [6, 6.07) is -0.546. The van der Waals surface area contributed by atoms with Crippen LogP contribution >= 0.6 is 15.9 Å². The molecule has 0 saturated carbocycles. The van der Waals surface area contributed by atoms with Gasteiger partial charge in [0.2, 0.25) is 5.91 Å². The average molecular weight is 369 g/mol. The van der Waals surface area contributed by atoms with Crippen molar-refractivity contribution >= 4 is 33.4 Å². The lowest BCUT2D eigenvalue weighted by molar-refractivity contribution is -0.119. The molecule has 0 fully saturated rings.